The standard InChI is InChI=1S/C18H27N3O3/c1-14(2)8-9-20-10-12-21(13-11-20)18(23)19-16-7-5-4-6-15(16)17(22)24-3/h4-7,14H,8-13H2,1-3H3,(H,19,23). The lowest BCUT2D eigenvalue weighted by Crippen LogP contribution is -2.50. The summed E-state index contributed by atoms with van der Waals surface area (Å²) in [6, 6.07) is 6.71. The number of esters is 1. The number of hydrogen-bond acceptors (Lipinski definition) is 4. The van der Waals surface area contributed by atoms with Crippen LogP contribution in [0.3, 0.4) is 0 Å². The van der Waals surface area contributed by atoms with Crippen LogP contribution in [0.15, 0.2) is 24.3 Å². The van der Waals surface area contributed by atoms with Crippen molar-refractivity contribution in [2.24, 2.45) is 5.92 Å². The van der Waals surface area contributed by atoms with Gasteiger partial charge in [0.1, 0.15) is 0 Å². The summed E-state index contributed by atoms with van der Waals surface area (Å²) < 4.78 is 4.75. The molecule has 1 aliphatic heterocycles. The van der Waals surface area contributed by atoms with Gasteiger partial charge in [0.25, 0.3) is 0 Å². The molecule has 1 heterocycles. The molecule has 1 saturated heterocycles. The maximum absolute atomic E-state index is 12.4. The van der Waals surface area contributed by atoms with E-state index in [-0.39, 0.29) is 6.03 Å². The van der Waals surface area contributed by atoms with Crippen molar-refractivity contribution in [3.05, 3.63) is 29.8 Å². The molecule has 0 bridgehead atoms. The number of urea groups is 1. The Kier molecular flexibility index (Phi) is 6.61. The Morgan fingerprint density at radius 2 is 1.83 bits per heavy atom. The van der Waals surface area contributed by atoms with Crippen LogP contribution in [0, 0.1) is 5.92 Å². The first-order valence-electron chi connectivity index (χ1n) is 8.47. The van der Waals surface area contributed by atoms with Crippen molar-refractivity contribution >= 4 is 17.7 Å². The number of rotatable bonds is 5. The second-order valence-electron chi connectivity index (χ2n) is 6.48. The van der Waals surface area contributed by atoms with Crippen molar-refractivity contribution in [3.63, 3.8) is 0 Å². The summed E-state index contributed by atoms with van der Waals surface area (Å²) in [5.74, 6) is 0.241. The fourth-order valence-electron chi connectivity index (χ4n) is 2.69. The van der Waals surface area contributed by atoms with E-state index in [1.165, 1.54) is 13.5 Å². The maximum Gasteiger partial charge on any atom is 0.339 e. The van der Waals surface area contributed by atoms with Crippen LogP contribution < -0.4 is 5.32 Å². The molecule has 132 valence electrons. The zero-order valence-corrected chi connectivity index (χ0v) is 14.7. The van der Waals surface area contributed by atoms with Crippen molar-refractivity contribution in [2.75, 3.05) is 45.2 Å². The van der Waals surface area contributed by atoms with Gasteiger partial charge in [0.05, 0.1) is 18.4 Å². The molecular weight excluding hydrogens is 306 g/mol. The number of benzene rings is 1. The minimum atomic E-state index is -0.454. The second kappa shape index (κ2) is 8.68. The lowest BCUT2D eigenvalue weighted by molar-refractivity contribution is 0.0602. The number of para-hydroxylation sites is 1. The van der Waals surface area contributed by atoms with E-state index in [2.05, 4.69) is 24.1 Å². The number of carbonyl (C=O) groups is 2. The normalized spacial score (nSPS) is 15.4. The molecule has 1 aliphatic rings. The van der Waals surface area contributed by atoms with Crippen LogP contribution in [-0.4, -0.2) is 61.6 Å². The van der Waals surface area contributed by atoms with E-state index in [0.29, 0.717) is 30.3 Å². The van der Waals surface area contributed by atoms with Crippen molar-refractivity contribution in [3.8, 4) is 0 Å². The van der Waals surface area contributed by atoms with Crippen LogP contribution in [0.2, 0.25) is 0 Å². The molecule has 0 aliphatic carbocycles. The topological polar surface area (TPSA) is 61.9 Å². The summed E-state index contributed by atoms with van der Waals surface area (Å²) in [7, 11) is 1.33. The predicted octanol–water partition coefficient (Wildman–Crippen LogP) is 2.67. The number of methoxy groups -OCH3 is 1. The molecule has 2 amide bonds. The Hall–Kier alpha value is -2.08. The number of ether oxygens (including phenoxy) is 1. The summed E-state index contributed by atoms with van der Waals surface area (Å²) >= 11 is 0. The number of piperazine rings is 1. The SMILES string of the molecule is COC(=O)c1ccccc1NC(=O)N1CCN(CCC(C)C)CC1. The molecule has 24 heavy (non-hydrogen) atoms. The molecule has 0 spiro atoms. The zero-order chi connectivity index (χ0) is 17.5. The number of carbonyl (C=O) groups excluding carboxylic acids is 2. The minimum absolute atomic E-state index is 0.171. The first-order chi connectivity index (χ1) is 11.5. The quantitative estimate of drug-likeness (QED) is 0.842. The highest BCUT2D eigenvalue weighted by Crippen LogP contribution is 2.17. The fourth-order valence-corrected chi connectivity index (χ4v) is 2.69. The van der Waals surface area contributed by atoms with Crippen molar-refractivity contribution < 1.29 is 14.3 Å². The molecular formula is C18H27N3O3. The van der Waals surface area contributed by atoms with E-state index in [4.69, 9.17) is 4.74 Å². The molecule has 0 unspecified atom stereocenters. The highest BCUT2D eigenvalue weighted by molar-refractivity contribution is 6.00. The van der Waals surface area contributed by atoms with Crippen LogP contribution >= 0.6 is 0 Å². The summed E-state index contributed by atoms with van der Waals surface area (Å²) in [5, 5.41) is 2.83. The van der Waals surface area contributed by atoms with Gasteiger partial charge >= 0.3 is 12.0 Å². The van der Waals surface area contributed by atoms with Gasteiger partial charge in [-0.3, -0.25) is 4.90 Å². The first-order valence-corrected chi connectivity index (χ1v) is 8.47. The Morgan fingerprint density at radius 1 is 1.17 bits per heavy atom. The third kappa shape index (κ3) is 4.96. The van der Waals surface area contributed by atoms with E-state index in [9.17, 15) is 9.59 Å². The first kappa shape index (κ1) is 18.3. The number of hydrogen-bond donors (Lipinski definition) is 1. The van der Waals surface area contributed by atoms with Crippen LogP contribution in [-0.2, 0) is 4.74 Å². The van der Waals surface area contributed by atoms with Gasteiger partial charge in [0, 0.05) is 26.2 Å². The smallest absolute Gasteiger partial charge is 0.339 e. The highest BCUT2D eigenvalue weighted by atomic mass is 16.5. The van der Waals surface area contributed by atoms with Gasteiger partial charge in [-0.15, -0.1) is 0 Å². The van der Waals surface area contributed by atoms with Crippen LogP contribution in [0.5, 0.6) is 0 Å². The maximum atomic E-state index is 12.4. The van der Waals surface area contributed by atoms with E-state index in [1.54, 1.807) is 29.2 Å². The zero-order valence-electron chi connectivity index (χ0n) is 14.7. The largest absolute Gasteiger partial charge is 0.465 e. The molecule has 0 radical (unpaired) electrons. The van der Waals surface area contributed by atoms with Crippen molar-refractivity contribution in [2.45, 2.75) is 20.3 Å². The van der Waals surface area contributed by atoms with Gasteiger partial charge in [-0.25, -0.2) is 9.59 Å². The summed E-state index contributed by atoms with van der Waals surface area (Å²) in [5.41, 5.74) is 0.848. The third-order valence-corrected chi connectivity index (χ3v) is 4.26. The Bertz CT molecular complexity index is 566. The van der Waals surface area contributed by atoms with Gasteiger partial charge in [-0.2, -0.15) is 0 Å². The molecule has 1 fully saturated rings. The van der Waals surface area contributed by atoms with Crippen molar-refractivity contribution in [1.82, 2.24) is 9.80 Å². The predicted molar refractivity (Wildman–Crippen MR) is 94.3 cm³/mol. The average Bonchev–Trinajstić information content (AvgIpc) is 2.60. The molecule has 0 saturated carbocycles. The van der Waals surface area contributed by atoms with Gasteiger partial charge in [0.15, 0.2) is 0 Å². The van der Waals surface area contributed by atoms with Crippen LogP contribution in [0.1, 0.15) is 30.6 Å². The highest BCUT2D eigenvalue weighted by Gasteiger charge is 2.22. The van der Waals surface area contributed by atoms with Crippen LogP contribution in [0.4, 0.5) is 10.5 Å². The molecule has 1 aromatic carbocycles. The summed E-state index contributed by atoms with van der Waals surface area (Å²) in [4.78, 5) is 28.4. The Morgan fingerprint density at radius 3 is 2.46 bits per heavy atom. The Labute approximate surface area is 143 Å². The monoisotopic (exact) mass is 333 g/mol. The average molecular weight is 333 g/mol. The van der Waals surface area contributed by atoms with Crippen LogP contribution in [0.25, 0.3) is 0 Å². The molecule has 1 N–H and O–H groups in total. The molecule has 0 aromatic heterocycles. The molecule has 6 nitrogen and oxygen atoms in total. The summed E-state index contributed by atoms with van der Waals surface area (Å²) in [6.45, 7) is 8.70. The van der Waals surface area contributed by atoms with Crippen molar-refractivity contribution in [1.29, 1.82) is 0 Å². The number of anilines is 1. The summed E-state index contributed by atoms with van der Waals surface area (Å²) in [6.07, 6.45) is 1.18. The van der Waals surface area contributed by atoms with Gasteiger partial charge in [-0.1, -0.05) is 26.0 Å². The number of nitrogens with zero attached hydrogens (tertiary/aromatic N) is 2. The van der Waals surface area contributed by atoms with Gasteiger partial charge < -0.3 is 15.0 Å². The van der Waals surface area contributed by atoms with E-state index >= 15 is 0 Å². The van der Waals surface area contributed by atoms with E-state index in [0.717, 1.165) is 19.6 Å². The molecule has 6 heteroatoms. The van der Waals surface area contributed by atoms with E-state index < -0.39 is 5.97 Å². The fraction of sp³-hybridized carbons (Fsp3) is 0.556. The molecule has 1 aromatic rings. The lowest BCUT2D eigenvalue weighted by Gasteiger charge is -2.35. The molecule has 2 rings (SSSR count). The third-order valence-electron chi connectivity index (χ3n) is 4.26. The van der Waals surface area contributed by atoms with Gasteiger partial charge in [-0.05, 0) is 31.0 Å². The van der Waals surface area contributed by atoms with Gasteiger partial charge in [0.2, 0.25) is 0 Å². The number of amides is 2. The lowest BCUT2D eigenvalue weighted by atomic mass is 10.1. The Balaban J connectivity index is 1.89. The second-order valence-corrected chi connectivity index (χ2v) is 6.48. The molecule has 0 atom stereocenters. The van der Waals surface area contributed by atoms with E-state index in [1.807, 2.05) is 0 Å². The minimum Gasteiger partial charge on any atom is -0.465 e. The number of nitrogens with one attached hydrogen (secondary N) is 1.